The third-order valence-corrected chi connectivity index (χ3v) is 4.69. The minimum absolute atomic E-state index is 0.0567. The van der Waals surface area contributed by atoms with Crippen molar-refractivity contribution in [2.45, 2.75) is 38.9 Å². The lowest BCUT2D eigenvalue weighted by atomic mass is 9.93. The van der Waals surface area contributed by atoms with Crippen LogP contribution in [0.25, 0.3) is 11.1 Å². The molecule has 3 atom stereocenters. The Morgan fingerprint density at radius 2 is 2.23 bits per heavy atom. The predicted molar refractivity (Wildman–Crippen MR) is 99.3 cm³/mol. The van der Waals surface area contributed by atoms with Crippen LogP contribution in [0.4, 0.5) is 4.39 Å². The van der Waals surface area contributed by atoms with Crippen molar-refractivity contribution in [1.29, 1.82) is 0 Å². The number of nitrogens with zero attached hydrogens (tertiary/aromatic N) is 1. The average Bonchev–Trinajstić information content (AvgIpc) is 2.60. The molecule has 1 aromatic carbocycles. The molecule has 3 rings (SSSR count). The van der Waals surface area contributed by atoms with Gasteiger partial charge < -0.3 is 14.6 Å². The zero-order valence-corrected chi connectivity index (χ0v) is 15.8. The normalized spacial score (nSPS) is 17.2. The number of esters is 1. The smallest absolute Gasteiger partial charge is 0.357 e. The standard InChI is InChI=1S/C19H21FNO4P/c1-3-24-19(23)16-9-14(12-5-4-11(26)8-15(12)20)13-6-7-17(10(2)22)25-18(13)21-16/h4-5,8-10,17,22H,3,6-7,26H2,1-2H3. The van der Waals surface area contributed by atoms with Gasteiger partial charge in [0.15, 0.2) is 5.69 Å². The molecular formula is C19H21FNO4P. The number of rotatable bonds is 4. The Morgan fingerprint density at radius 1 is 1.46 bits per heavy atom. The van der Waals surface area contributed by atoms with Gasteiger partial charge in [-0.25, -0.2) is 14.2 Å². The topological polar surface area (TPSA) is 68.7 Å². The number of benzene rings is 1. The number of hydrogen-bond donors (Lipinski definition) is 1. The van der Waals surface area contributed by atoms with Gasteiger partial charge in [-0.3, -0.25) is 0 Å². The number of aliphatic hydroxyl groups excluding tert-OH is 1. The van der Waals surface area contributed by atoms with E-state index in [9.17, 15) is 14.3 Å². The van der Waals surface area contributed by atoms with E-state index in [1.54, 1.807) is 32.0 Å². The van der Waals surface area contributed by atoms with Gasteiger partial charge >= 0.3 is 5.97 Å². The summed E-state index contributed by atoms with van der Waals surface area (Å²) < 4.78 is 25.4. The van der Waals surface area contributed by atoms with E-state index >= 15 is 0 Å². The van der Waals surface area contributed by atoms with Crippen LogP contribution in [0, 0.1) is 5.82 Å². The second kappa shape index (κ2) is 7.68. The van der Waals surface area contributed by atoms with Gasteiger partial charge in [-0.05, 0) is 49.7 Å². The molecule has 1 aromatic heterocycles. The summed E-state index contributed by atoms with van der Waals surface area (Å²) in [5.41, 5.74) is 1.72. The lowest BCUT2D eigenvalue weighted by Gasteiger charge is -2.29. The lowest BCUT2D eigenvalue weighted by Crippen LogP contribution is -2.33. The highest BCUT2D eigenvalue weighted by Gasteiger charge is 2.29. The van der Waals surface area contributed by atoms with Crippen LogP contribution in [0.3, 0.4) is 0 Å². The van der Waals surface area contributed by atoms with Crippen molar-refractivity contribution in [3.05, 3.63) is 41.3 Å². The van der Waals surface area contributed by atoms with Crippen LogP contribution in [0.15, 0.2) is 24.3 Å². The molecular weight excluding hydrogens is 356 g/mol. The maximum atomic E-state index is 14.6. The number of ether oxygens (including phenoxy) is 2. The second-order valence-electron chi connectivity index (χ2n) is 6.23. The average molecular weight is 377 g/mol. The number of aromatic nitrogens is 1. The highest BCUT2D eigenvalue weighted by molar-refractivity contribution is 7.27. The zero-order chi connectivity index (χ0) is 18.8. The molecule has 0 spiro atoms. The second-order valence-corrected chi connectivity index (χ2v) is 6.90. The molecule has 2 heterocycles. The minimum atomic E-state index is -0.673. The van der Waals surface area contributed by atoms with Crippen molar-refractivity contribution in [1.82, 2.24) is 4.98 Å². The summed E-state index contributed by atoms with van der Waals surface area (Å²) >= 11 is 0. The molecule has 0 amide bonds. The molecule has 138 valence electrons. The lowest BCUT2D eigenvalue weighted by molar-refractivity contribution is 0.0317. The largest absolute Gasteiger partial charge is 0.471 e. The van der Waals surface area contributed by atoms with E-state index in [1.807, 2.05) is 0 Å². The van der Waals surface area contributed by atoms with Crippen LogP contribution in [-0.4, -0.2) is 34.9 Å². The Labute approximate surface area is 153 Å². The fourth-order valence-electron chi connectivity index (χ4n) is 3.02. The molecule has 0 aliphatic carbocycles. The molecule has 1 aliphatic rings. The van der Waals surface area contributed by atoms with E-state index in [2.05, 4.69) is 14.2 Å². The van der Waals surface area contributed by atoms with E-state index in [4.69, 9.17) is 9.47 Å². The number of hydrogen-bond acceptors (Lipinski definition) is 5. The van der Waals surface area contributed by atoms with Gasteiger partial charge in [0.05, 0.1) is 12.7 Å². The van der Waals surface area contributed by atoms with Crippen molar-refractivity contribution in [3.8, 4) is 17.0 Å². The molecule has 2 aromatic rings. The van der Waals surface area contributed by atoms with Crippen LogP contribution in [0.5, 0.6) is 5.88 Å². The van der Waals surface area contributed by atoms with Gasteiger partial charge in [0.25, 0.3) is 0 Å². The number of fused-ring (bicyclic) bond motifs is 1. The molecule has 1 N–H and O–H groups in total. The monoisotopic (exact) mass is 377 g/mol. The Hall–Kier alpha value is -2.04. The number of carbonyl (C=O) groups excluding carboxylic acids is 1. The van der Waals surface area contributed by atoms with Gasteiger partial charge in [-0.2, -0.15) is 0 Å². The van der Waals surface area contributed by atoms with Crippen molar-refractivity contribution < 1.29 is 23.8 Å². The first-order valence-corrected chi connectivity index (χ1v) is 9.09. The molecule has 0 fully saturated rings. The van der Waals surface area contributed by atoms with Crippen LogP contribution in [-0.2, 0) is 11.2 Å². The Kier molecular flexibility index (Phi) is 5.54. The predicted octanol–water partition coefficient (Wildman–Crippen LogP) is 2.64. The quantitative estimate of drug-likeness (QED) is 0.655. The van der Waals surface area contributed by atoms with Crippen LogP contribution >= 0.6 is 9.24 Å². The van der Waals surface area contributed by atoms with E-state index in [-0.39, 0.29) is 18.2 Å². The third-order valence-electron chi connectivity index (χ3n) is 4.33. The maximum absolute atomic E-state index is 14.6. The fourth-order valence-corrected chi connectivity index (χ4v) is 3.26. The van der Waals surface area contributed by atoms with Crippen LogP contribution < -0.4 is 10.0 Å². The summed E-state index contributed by atoms with van der Waals surface area (Å²) in [5, 5.41) is 10.5. The third kappa shape index (κ3) is 3.71. The van der Waals surface area contributed by atoms with Gasteiger partial charge in [0.2, 0.25) is 5.88 Å². The molecule has 1 aliphatic heterocycles. The van der Waals surface area contributed by atoms with Crippen LogP contribution in [0.2, 0.25) is 0 Å². The summed E-state index contributed by atoms with van der Waals surface area (Å²) in [6.45, 7) is 3.55. The molecule has 0 bridgehead atoms. The Bertz CT molecular complexity index is 841. The van der Waals surface area contributed by atoms with Crippen molar-refractivity contribution in [2.24, 2.45) is 0 Å². The van der Waals surface area contributed by atoms with Gasteiger partial charge in [0.1, 0.15) is 11.9 Å². The van der Waals surface area contributed by atoms with Gasteiger partial charge in [0, 0.05) is 11.1 Å². The first-order valence-electron chi connectivity index (χ1n) is 8.51. The molecule has 7 heteroatoms. The number of pyridine rings is 1. The molecule has 0 radical (unpaired) electrons. The minimum Gasteiger partial charge on any atom is -0.471 e. The Morgan fingerprint density at radius 3 is 2.88 bits per heavy atom. The van der Waals surface area contributed by atoms with E-state index in [0.29, 0.717) is 24.0 Å². The zero-order valence-electron chi connectivity index (χ0n) is 14.7. The molecule has 3 unspecified atom stereocenters. The summed E-state index contributed by atoms with van der Waals surface area (Å²) in [4.78, 5) is 16.4. The van der Waals surface area contributed by atoms with E-state index in [1.165, 1.54) is 6.07 Å². The van der Waals surface area contributed by atoms with Crippen molar-refractivity contribution in [3.63, 3.8) is 0 Å². The highest BCUT2D eigenvalue weighted by Crippen LogP contribution is 2.37. The fraction of sp³-hybridized carbons (Fsp3) is 0.368. The Balaban J connectivity index is 2.15. The van der Waals surface area contributed by atoms with Gasteiger partial charge in [-0.1, -0.05) is 12.1 Å². The molecule has 0 saturated carbocycles. The number of aliphatic hydroxyl groups is 1. The highest BCUT2D eigenvalue weighted by atomic mass is 31.0. The molecule has 26 heavy (non-hydrogen) atoms. The SMILES string of the molecule is CCOC(=O)c1cc(-c2ccc(P)cc2F)c2c(n1)OC(C(C)O)CC2. The summed E-state index contributed by atoms with van der Waals surface area (Å²) in [6, 6.07) is 6.41. The maximum Gasteiger partial charge on any atom is 0.357 e. The number of halogens is 1. The van der Waals surface area contributed by atoms with E-state index < -0.39 is 24.0 Å². The molecule has 5 nitrogen and oxygen atoms in total. The molecule has 0 saturated heterocycles. The summed E-state index contributed by atoms with van der Waals surface area (Å²) in [7, 11) is 2.45. The van der Waals surface area contributed by atoms with Crippen molar-refractivity contribution in [2.75, 3.05) is 6.61 Å². The number of carbonyl (C=O) groups is 1. The summed E-state index contributed by atoms with van der Waals surface area (Å²) in [5.74, 6) is -0.738. The van der Waals surface area contributed by atoms with Crippen LogP contribution in [0.1, 0.15) is 36.3 Å². The first-order chi connectivity index (χ1) is 12.4. The van der Waals surface area contributed by atoms with Crippen molar-refractivity contribution >= 4 is 20.5 Å². The van der Waals surface area contributed by atoms with Gasteiger partial charge in [-0.15, -0.1) is 9.24 Å². The summed E-state index contributed by atoms with van der Waals surface area (Å²) in [6.07, 6.45) is 0.0622. The first kappa shape index (κ1) is 18.7. The van der Waals surface area contributed by atoms with E-state index in [0.717, 1.165) is 10.9 Å².